The fourth-order valence-corrected chi connectivity index (χ4v) is 2.02. The van der Waals surface area contributed by atoms with Gasteiger partial charge in [0.2, 0.25) is 0 Å². The molecule has 1 aliphatic heterocycles. The van der Waals surface area contributed by atoms with Gasteiger partial charge in [-0.25, -0.2) is 4.39 Å². The Balaban J connectivity index is 1.96. The van der Waals surface area contributed by atoms with E-state index in [-0.39, 0.29) is 12.4 Å². The zero-order valence-electron chi connectivity index (χ0n) is 10.6. The minimum Gasteiger partial charge on any atom is -0.394 e. The first-order valence-corrected chi connectivity index (χ1v) is 6.19. The van der Waals surface area contributed by atoms with Crippen molar-refractivity contribution in [2.24, 2.45) is 0 Å². The Morgan fingerprint density at radius 3 is 2.35 bits per heavy atom. The summed E-state index contributed by atoms with van der Waals surface area (Å²) in [5.41, 5.74) is 0.643. The highest BCUT2D eigenvalue weighted by atomic mass is 19.1. The molecule has 2 rings (SSSR count). The number of ether oxygens (including phenoxy) is 2. The Kier molecular flexibility index (Phi) is 5.03. The van der Waals surface area contributed by atoms with E-state index in [1.807, 2.05) is 0 Å². The Hall–Kier alpha value is -1.09. The molecule has 1 heterocycles. The van der Waals surface area contributed by atoms with Crippen molar-refractivity contribution in [1.29, 1.82) is 0 Å². The number of hydrogen-bond acceptors (Lipinski definition) is 6. The van der Waals surface area contributed by atoms with Gasteiger partial charge in [-0.3, -0.25) is 0 Å². The van der Waals surface area contributed by atoms with Crippen molar-refractivity contribution in [1.82, 2.24) is 0 Å². The van der Waals surface area contributed by atoms with Crippen molar-refractivity contribution in [3.8, 4) is 0 Å². The lowest BCUT2D eigenvalue weighted by Gasteiger charge is -2.39. The molecule has 1 aliphatic rings. The summed E-state index contributed by atoms with van der Waals surface area (Å²) in [4.78, 5) is 0. The summed E-state index contributed by atoms with van der Waals surface area (Å²) in [5.74, 6) is -0.379. The molecule has 0 bridgehead atoms. The van der Waals surface area contributed by atoms with Crippen molar-refractivity contribution >= 4 is 0 Å². The third kappa shape index (κ3) is 3.32. The molecule has 20 heavy (non-hydrogen) atoms. The van der Waals surface area contributed by atoms with Gasteiger partial charge in [0.05, 0.1) is 13.2 Å². The summed E-state index contributed by atoms with van der Waals surface area (Å²) >= 11 is 0. The molecule has 1 aromatic rings. The maximum absolute atomic E-state index is 12.7. The van der Waals surface area contributed by atoms with Crippen molar-refractivity contribution < 1.29 is 34.3 Å². The molecule has 0 radical (unpaired) electrons. The normalized spacial score (nSPS) is 34.1. The minimum absolute atomic E-state index is 0.0128. The number of aliphatic hydroxyl groups excluding tert-OH is 4. The average Bonchev–Trinajstić information content (AvgIpc) is 2.44. The molecule has 1 aromatic carbocycles. The summed E-state index contributed by atoms with van der Waals surface area (Å²) in [7, 11) is 0. The van der Waals surface area contributed by atoms with E-state index in [4.69, 9.17) is 14.6 Å². The summed E-state index contributed by atoms with van der Waals surface area (Å²) in [6.45, 7) is -0.515. The van der Waals surface area contributed by atoms with Gasteiger partial charge in [-0.05, 0) is 17.7 Å². The molecule has 1 saturated heterocycles. The van der Waals surface area contributed by atoms with Gasteiger partial charge < -0.3 is 29.9 Å². The molecule has 112 valence electrons. The smallest absolute Gasteiger partial charge is 0.184 e. The Morgan fingerprint density at radius 1 is 1.10 bits per heavy atom. The molecule has 0 aromatic heterocycles. The second-order valence-corrected chi connectivity index (χ2v) is 4.63. The summed E-state index contributed by atoms with van der Waals surface area (Å²) in [6.07, 6.45) is -6.44. The first kappa shape index (κ1) is 15.3. The fraction of sp³-hybridized carbons (Fsp3) is 0.538. The lowest BCUT2D eigenvalue weighted by molar-refractivity contribution is -0.298. The van der Waals surface area contributed by atoms with Crippen molar-refractivity contribution in [2.45, 2.75) is 37.3 Å². The molecule has 1 fully saturated rings. The maximum Gasteiger partial charge on any atom is 0.184 e. The molecule has 0 spiro atoms. The Morgan fingerprint density at radius 2 is 1.75 bits per heavy atom. The third-order valence-corrected chi connectivity index (χ3v) is 3.20. The topological polar surface area (TPSA) is 99.4 Å². The minimum atomic E-state index is -1.47. The van der Waals surface area contributed by atoms with E-state index in [9.17, 15) is 19.7 Å². The standard InChI is InChI=1S/C13H17FO6/c14-8-3-1-7(2-4-8)6-19-12-11(17)10(16)9(5-15)20-13(12)18/h1-4,9-13,15-18H,5-6H2/t9-,10-,11+,12-,13+/m1/s1. The van der Waals surface area contributed by atoms with Gasteiger partial charge in [0, 0.05) is 0 Å². The van der Waals surface area contributed by atoms with Crippen LogP contribution in [0.25, 0.3) is 0 Å². The summed E-state index contributed by atoms with van der Waals surface area (Å²) in [5, 5.41) is 38.2. The molecule has 6 nitrogen and oxygen atoms in total. The molecule has 4 N–H and O–H groups in total. The van der Waals surface area contributed by atoms with E-state index in [0.717, 1.165) is 0 Å². The highest BCUT2D eigenvalue weighted by molar-refractivity contribution is 5.15. The molecule has 0 aliphatic carbocycles. The van der Waals surface area contributed by atoms with E-state index in [2.05, 4.69) is 0 Å². The van der Waals surface area contributed by atoms with Gasteiger partial charge in [-0.1, -0.05) is 12.1 Å². The lowest BCUT2D eigenvalue weighted by atomic mass is 9.99. The van der Waals surface area contributed by atoms with Crippen LogP contribution in [0.2, 0.25) is 0 Å². The SMILES string of the molecule is OC[C@H]1O[C@H](O)[C@H](OCc2ccc(F)cc2)[C@@H](O)[C@@H]1O. The lowest BCUT2D eigenvalue weighted by Crippen LogP contribution is -2.59. The van der Waals surface area contributed by atoms with Crippen LogP contribution in [-0.4, -0.2) is 57.7 Å². The zero-order chi connectivity index (χ0) is 14.7. The predicted molar refractivity (Wildman–Crippen MR) is 65.0 cm³/mol. The number of hydrogen-bond donors (Lipinski definition) is 4. The highest BCUT2D eigenvalue weighted by Crippen LogP contribution is 2.23. The van der Waals surface area contributed by atoms with Crippen LogP contribution in [0.3, 0.4) is 0 Å². The largest absolute Gasteiger partial charge is 0.394 e. The van der Waals surface area contributed by atoms with E-state index < -0.39 is 37.3 Å². The Bertz CT molecular complexity index is 425. The average molecular weight is 288 g/mol. The van der Waals surface area contributed by atoms with Gasteiger partial charge >= 0.3 is 0 Å². The highest BCUT2D eigenvalue weighted by Gasteiger charge is 2.44. The van der Waals surface area contributed by atoms with E-state index in [1.54, 1.807) is 0 Å². The number of halogens is 1. The van der Waals surface area contributed by atoms with Crippen LogP contribution in [0.4, 0.5) is 4.39 Å². The van der Waals surface area contributed by atoms with Crippen LogP contribution in [0.15, 0.2) is 24.3 Å². The Labute approximate surface area is 115 Å². The van der Waals surface area contributed by atoms with E-state index in [0.29, 0.717) is 5.56 Å². The van der Waals surface area contributed by atoms with Gasteiger partial charge in [-0.15, -0.1) is 0 Å². The first-order valence-electron chi connectivity index (χ1n) is 6.19. The van der Waals surface area contributed by atoms with Crippen LogP contribution in [0, 0.1) is 5.82 Å². The zero-order valence-corrected chi connectivity index (χ0v) is 10.6. The van der Waals surface area contributed by atoms with Crippen LogP contribution in [0.1, 0.15) is 5.56 Å². The van der Waals surface area contributed by atoms with E-state index in [1.165, 1.54) is 24.3 Å². The number of rotatable bonds is 4. The molecular weight excluding hydrogens is 271 g/mol. The summed E-state index contributed by atoms with van der Waals surface area (Å²) in [6, 6.07) is 5.54. The van der Waals surface area contributed by atoms with E-state index >= 15 is 0 Å². The van der Waals surface area contributed by atoms with Crippen LogP contribution in [0.5, 0.6) is 0 Å². The van der Waals surface area contributed by atoms with Crippen molar-refractivity contribution in [3.63, 3.8) is 0 Å². The van der Waals surface area contributed by atoms with Gasteiger partial charge in [0.1, 0.15) is 30.2 Å². The van der Waals surface area contributed by atoms with Crippen LogP contribution >= 0.6 is 0 Å². The second kappa shape index (κ2) is 6.57. The molecular formula is C13H17FO6. The third-order valence-electron chi connectivity index (χ3n) is 3.20. The van der Waals surface area contributed by atoms with Crippen LogP contribution in [-0.2, 0) is 16.1 Å². The molecule has 0 saturated carbocycles. The predicted octanol–water partition coefficient (Wildman–Crippen LogP) is -0.858. The monoisotopic (exact) mass is 288 g/mol. The number of aliphatic hydroxyl groups is 4. The molecule has 7 heteroatoms. The summed E-state index contributed by atoms with van der Waals surface area (Å²) < 4.78 is 23.0. The quantitative estimate of drug-likeness (QED) is 0.575. The van der Waals surface area contributed by atoms with Crippen molar-refractivity contribution in [2.75, 3.05) is 6.61 Å². The van der Waals surface area contributed by atoms with Crippen LogP contribution < -0.4 is 0 Å². The molecule has 5 atom stereocenters. The van der Waals surface area contributed by atoms with Gasteiger partial charge in [0.25, 0.3) is 0 Å². The second-order valence-electron chi connectivity index (χ2n) is 4.63. The van der Waals surface area contributed by atoms with Crippen molar-refractivity contribution in [3.05, 3.63) is 35.6 Å². The maximum atomic E-state index is 12.7. The molecule has 0 unspecified atom stereocenters. The fourth-order valence-electron chi connectivity index (χ4n) is 2.02. The molecule has 0 amide bonds. The van der Waals surface area contributed by atoms with Gasteiger partial charge in [0.15, 0.2) is 6.29 Å². The van der Waals surface area contributed by atoms with Gasteiger partial charge in [-0.2, -0.15) is 0 Å². The number of benzene rings is 1. The first-order chi connectivity index (χ1) is 9.52.